The normalized spacial score (nSPS) is 10.5. The highest BCUT2D eigenvalue weighted by Gasteiger charge is 2.16. The molecule has 0 aliphatic carbocycles. The fraction of sp³-hybridized carbons (Fsp3) is 0.333. The van der Waals surface area contributed by atoms with Gasteiger partial charge in [-0.1, -0.05) is 19.1 Å². The van der Waals surface area contributed by atoms with Crippen molar-refractivity contribution in [3.8, 4) is 0 Å². The van der Waals surface area contributed by atoms with Crippen LogP contribution in [0.1, 0.15) is 24.0 Å². The lowest BCUT2D eigenvalue weighted by atomic mass is 9.90. The number of benzene rings is 2. The molecule has 0 aliphatic heterocycles. The Morgan fingerprint density at radius 1 is 0.636 bits per heavy atom. The Balaban J connectivity index is 2.45. The molecule has 0 fully saturated rings. The number of hydrogen-bond acceptors (Lipinski definition) is 4. The molecule has 0 bridgehead atoms. The third-order valence-corrected chi connectivity index (χ3v) is 4.16. The second-order valence-corrected chi connectivity index (χ2v) is 5.33. The van der Waals surface area contributed by atoms with Crippen LogP contribution in [-0.2, 0) is 0 Å². The van der Waals surface area contributed by atoms with Gasteiger partial charge in [0.2, 0.25) is 0 Å². The monoisotopic (exact) mass is 298 g/mol. The van der Waals surface area contributed by atoms with Gasteiger partial charge >= 0.3 is 0 Å². The highest BCUT2D eigenvalue weighted by Crippen LogP contribution is 2.36. The van der Waals surface area contributed by atoms with E-state index < -0.39 is 0 Å². The van der Waals surface area contributed by atoms with Crippen LogP contribution in [0.5, 0.6) is 0 Å². The molecule has 0 unspecified atom stereocenters. The zero-order valence-electron chi connectivity index (χ0n) is 14.0. The highest BCUT2D eigenvalue weighted by atomic mass is 14.9. The van der Waals surface area contributed by atoms with Gasteiger partial charge in [0.25, 0.3) is 0 Å². The summed E-state index contributed by atoms with van der Waals surface area (Å²) in [5.74, 6) is 0.293. The number of hydrogen-bond donors (Lipinski definition) is 4. The van der Waals surface area contributed by atoms with E-state index in [4.69, 9.17) is 0 Å². The van der Waals surface area contributed by atoms with Crippen LogP contribution in [0.2, 0.25) is 0 Å². The first kappa shape index (κ1) is 16.0. The van der Waals surface area contributed by atoms with Gasteiger partial charge in [0.15, 0.2) is 0 Å². The van der Waals surface area contributed by atoms with Gasteiger partial charge in [-0.2, -0.15) is 0 Å². The lowest BCUT2D eigenvalue weighted by Crippen LogP contribution is -2.06. The summed E-state index contributed by atoms with van der Waals surface area (Å²) in [6.07, 6.45) is 0. The van der Waals surface area contributed by atoms with Crippen LogP contribution in [0, 0.1) is 0 Å². The average molecular weight is 298 g/mol. The van der Waals surface area contributed by atoms with E-state index in [1.165, 1.54) is 11.1 Å². The first-order chi connectivity index (χ1) is 10.6. The van der Waals surface area contributed by atoms with Crippen molar-refractivity contribution < 1.29 is 0 Å². The summed E-state index contributed by atoms with van der Waals surface area (Å²) < 4.78 is 0. The zero-order chi connectivity index (χ0) is 16.1. The molecule has 2 aromatic carbocycles. The van der Waals surface area contributed by atoms with Gasteiger partial charge in [0.1, 0.15) is 0 Å². The van der Waals surface area contributed by atoms with E-state index in [1.54, 1.807) is 0 Å². The van der Waals surface area contributed by atoms with Crippen LogP contribution in [0.15, 0.2) is 36.4 Å². The fourth-order valence-electron chi connectivity index (χ4n) is 2.78. The molecule has 0 amide bonds. The van der Waals surface area contributed by atoms with E-state index in [0.717, 1.165) is 22.7 Å². The fourth-order valence-corrected chi connectivity index (χ4v) is 2.78. The van der Waals surface area contributed by atoms with Crippen LogP contribution >= 0.6 is 0 Å². The van der Waals surface area contributed by atoms with Crippen molar-refractivity contribution in [3.05, 3.63) is 47.5 Å². The van der Waals surface area contributed by atoms with Gasteiger partial charge in [0, 0.05) is 56.9 Å². The van der Waals surface area contributed by atoms with E-state index >= 15 is 0 Å². The molecule has 4 nitrogen and oxygen atoms in total. The molecule has 0 aromatic heterocycles. The van der Waals surface area contributed by atoms with E-state index in [-0.39, 0.29) is 0 Å². The van der Waals surface area contributed by atoms with Crippen LogP contribution in [0.25, 0.3) is 0 Å². The van der Waals surface area contributed by atoms with Gasteiger partial charge in [-0.15, -0.1) is 0 Å². The minimum atomic E-state index is 0.293. The van der Waals surface area contributed by atoms with E-state index in [2.05, 4.69) is 64.6 Å². The van der Waals surface area contributed by atoms with Crippen molar-refractivity contribution in [1.82, 2.24) is 0 Å². The standard InChI is InChI=1S/C18H26N4/c1-12(15-8-6-13(19-2)10-17(15)21-4)16-9-7-14(20-3)11-18(16)22-5/h6-12,19-22H,1-5H3. The number of rotatable bonds is 6. The Morgan fingerprint density at radius 2 is 1.05 bits per heavy atom. The van der Waals surface area contributed by atoms with Crippen LogP contribution in [0.3, 0.4) is 0 Å². The van der Waals surface area contributed by atoms with E-state index in [9.17, 15) is 0 Å². The first-order valence-electron chi connectivity index (χ1n) is 7.63. The average Bonchev–Trinajstić information content (AvgIpc) is 2.59. The van der Waals surface area contributed by atoms with Crippen molar-refractivity contribution in [2.45, 2.75) is 12.8 Å². The number of nitrogens with one attached hydrogen (secondary N) is 4. The minimum Gasteiger partial charge on any atom is -0.388 e. The zero-order valence-corrected chi connectivity index (χ0v) is 14.0. The highest BCUT2D eigenvalue weighted by molar-refractivity contribution is 5.67. The molecule has 4 heteroatoms. The lowest BCUT2D eigenvalue weighted by molar-refractivity contribution is 0.925. The maximum Gasteiger partial charge on any atom is 0.0397 e. The molecule has 0 saturated heterocycles. The predicted octanol–water partition coefficient (Wildman–Crippen LogP) is 4.01. The molecule has 0 radical (unpaired) electrons. The summed E-state index contributed by atoms with van der Waals surface area (Å²) in [5, 5.41) is 13.0. The summed E-state index contributed by atoms with van der Waals surface area (Å²) in [6.45, 7) is 2.24. The largest absolute Gasteiger partial charge is 0.388 e. The summed E-state index contributed by atoms with van der Waals surface area (Å²) in [6, 6.07) is 12.9. The van der Waals surface area contributed by atoms with Crippen LogP contribution in [-0.4, -0.2) is 28.2 Å². The lowest BCUT2D eigenvalue weighted by Gasteiger charge is -2.21. The Labute approximate surface area is 133 Å². The van der Waals surface area contributed by atoms with Crippen molar-refractivity contribution in [3.63, 3.8) is 0 Å². The van der Waals surface area contributed by atoms with Gasteiger partial charge in [-0.3, -0.25) is 0 Å². The first-order valence-corrected chi connectivity index (χ1v) is 7.63. The molecule has 0 heterocycles. The third kappa shape index (κ3) is 3.11. The molecule has 0 aliphatic rings. The Bertz CT molecular complexity index is 581. The smallest absolute Gasteiger partial charge is 0.0397 e. The maximum atomic E-state index is 3.31. The van der Waals surface area contributed by atoms with E-state index in [1.807, 2.05) is 28.2 Å². The van der Waals surface area contributed by atoms with Gasteiger partial charge in [-0.25, -0.2) is 0 Å². The van der Waals surface area contributed by atoms with Crippen molar-refractivity contribution in [2.24, 2.45) is 0 Å². The molecule has 0 saturated carbocycles. The van der Waals surface area contributed by atoms with Crippen molar-refractivity contribution in [2.75, 3.05) is 49.5 Å². The van der Waals surface area contributed by atoms with Crippen LogP contribution < -0.4 is 21.3 Å². The second kappa shape index (κ2) is 7.07. The van der Waals surface area contributed by atoms with Crippen molar-refractivity contribution in [1.29, 1.82) is 0 Å². The molecule has 0 atom stereocenters. The molecule has 22 heavy (non-hydrogen) atoms. The van der Waals surface area contributed by atoms with Gasteiger partial charge < -0.3 is 21.3 Å². The summed E-state index contributed by atoms with van der Waals surface area (Å²) in [5.41, 5.74) is 7.10. The Hall–Kier alpha value is -2.36. The molecule has 2 aromatic rings. The Kier molecular flexibility index (Phi) is 5.15. The van der Waals surface area contributed by atoms with Gasteiger partial charge in [0.05, 0.1) is 0 Å². The SMILES string of the molecule is CNc1ccc(C(C)c2ccc(NC)cc2NC)c(NC)c1. The molecule has 118 valence electrons. The molecular weight excluding hydrogens is 272 g/mol. The van der Waals surface area contributed by atoms with Gasteiger partial charge in [-0.05, 0) is 35.4 Å². The summed E-state index contributed by atoms with van der Waals surface area (Å²) in [4.78, 5) is 0. The maximum absolute atomic E-state index is 3.31. The predicted molar refractivity (Wildman–Crippen MR) is 98.6 cm³/mol. The quantitative estimate of drug-likeness (QED) is 0.651. The van der Waals surface area contributed by atoms with Crippen molar-refractivity contribution >= 4 is 22.7 Å². The molecular formula is C18H26N4. The summed E-state index contributed by atoms with van der Waals surface area (Å²) >= 11 is 0. The molecule has 0 spiro atoms. The minimum absolute atomic E-state index is 0.293. The molecule has 4 N–H and O–H groups in total. The third-order valence-electron chi connectivity index (χ3n) is 4.16. The summed E-state index contributed by atoms with van der Waals surface area (Å²) in [7, 11) is 7.81. The topological polar surface area (TPSA) is 48.1 Å². The second-order valence-electron chi connectivity index (χ2n) is 5.33. The van der Waals surface area contributed by atoms with E-state index in [0.29, 0.717) is 5.92 Å². The Morgan fingerprint density at radius 3 is 1.36 bits per heavy atom. The number of anilines is 4. The molecule has 2 rings (SSSR count). The van der Waals surface area contributed by atoms with Crippen LogP contribution in [0.4, 0.5) is 22.7 Å².